The number of carbonyl (C=O) groups excluding carboxylic acids is 2. The lowest BCUT2D eigenvalue weighted by atomic mass is 10.1. The van der Waals surface area contributed by atoms with E-state index in [0.717, 1.165) is 5.39 Å². The minimum atomic E-state index is -0.460. The van der Waals surface area contributed by atoms with E-state index in [1.807, 2.05) is 6.07 Å². The van der Waals surface area contributed by atoms with Gasteiger partial charge in [0.1, 0.15) is 5.69 Å². The number of nitrogens with one attached hydrogen (secondary N) is 3. The van der Waals surface area contributed by atoms with E-state index >= 15 is 0 Å². The zero-order chi connectivity index (χ0) is 15.5. The predicted molar refractivity (Wildman–Crippen MR) is 80.8 cm³/mol. The zero-order valence-corrected chi connectivity index (χ0v) is 11.8. The number of carbonyl (C=O) groups is 2. The summed E-state index contributed by atoms with van der Waals surface area (Å²) < 4.78 is 4.88. The zero-order valence-electron chi connectivity index (χ0n) is 11.8. The van der Waals surface area contributed by atoms with E-state index in [0.29, 0.717) is 23.4 Å². The number of ether oxygens (including phenoxy) is 1. The second kappa shape index (κ2) is 5.72. The number of hydrogen-bond acceptors (Lipinski definition) is 4. The molecule has 0 aliphatic rings. The van der Waals surface area contributed by atoms with Gasteiger partial charge < -0.3 is 15.0 Å². The quantitative estimate of drug-likeness (QED) is 0.643. The normalized spacial score (nSPS) is 10.6. The van der Waals surface area contributed by atoms with Crippen molar-refractivity contribution in [1.29, 1.82) is 0 Å². The van der Waals surface area contributed by atoms with Gasteiger partial charge in [0.2, 0.25) is 0 Å². The SMILES string of the molecule is CCOC(=O)c1cc(NC(=O)c2cccc3cn[nH]c23)c[nH]1. The van der Waals surface area contributed by atoms with Gasteiger partial charge in [-0.15, -0.1) is 0 Å². The van der Waals surface area contributed by atoms with Gasteiger partial charge in [-0.25, -0.2) is 4.79 Å². The van der Waals surface area contributed by atoms with Crippen LogP contribution in [-0.2, 0) is 4.74 Å². The number of rotatable bonds is 4. The second-order valence-corrected chi connectivity index (χ2v) is 4.62. The summed E-state index contributed by atoms with van der Waals surface area (Å²) in [6.07, 6.45) is 3.19. The molecule has 112 valence electrons. The highest BCUT2D eigenvalue weighted by molar-refractivity contribution is 6.12. The first-order chi connectivity index (χ1) is 10.7. The third kappa shape index (κ3) is 2.56. The molecule has 0 unspecified atom stereocenters. The molecule has 0 saturated heterocycles. The molecule has 0 aliphatic heterocycles. The summed E-state index contributed by atoms with van der Waals surface area (Å²) in [5.74, 6) is -0.747. The van der Waals surface area contributed by atoms with E-state index in [1.165, 1.54) is 12.3 Å². The van der Waals surface area contributed by atoms with Crippen LogP contribution in [-0.4, -0.2) is 33.7 Å². The molecule has 0 bridgehead atoms. The van der Waals surface area contributed by atoms with Gasteiger partial charge in [0.15, 0.2) is 0 Å². The Morgan fingerprint density at radius 1 is 1.36 bits per heavy atom. The number of para-hydroxylation sites is 1. The van der Waals surface area contributed by atoms with E-state index in [9.17, 15) is 9.59 Å². The maximum absolute atomic E-state index is 12.3. The number of H-pyrrole nitrogens is 2. The van der Waals surface area contributed by atoms with E-state index in [4.69, 9.17) is 4.74 Å². The van der Waals surface area contributed by atoms with Gasteiger partial charge in [-0.3, -0.25) is 9.89 Å². The first kappa shape index (κ1) is 13.9. The molecule has 0 saturated carbocycles. The molecule has 1 aromatic carbocycles. The first-order valence-electron chi connectivity index (χ1n) is 6.78. The molecular formula is C15H14N4O3. The van der Waals surface area contributed by atoms with Crippen LogP contribution in [0.3, 0.4) is 0 Å². The van der Waals surface area contributed by atoms with Crippen molar-refractivity contribution in [2.75, 3.05) is 11.9 Å². The molecule has 0 atom stereocenters. The maximum Gasteiger partial charge on any atom is 0.354 e. The molecule has 0 radical (unpaired) electrons. The molecule has 0 fully saturated rings. The van der Waals surface area contributed by atoms with Crippen LogP contribution in [0.4, 0.5) is 5.69 Å². The largest absolute Gasteiger partial charge is 0.461 e. The fourth-order valence-corrected chi connectivity index (χ4v) is 2.15. The summed E-state index contributed by atoms with van der Waals surface area (Å²) in [7, 11) is 0. The fraction of sp³-hybridized carbons (Fsp3) is 0.133. The van der Waals surface area contributed by atoms with Crippen molar-refractivity contribution >= 4 is 28.5 Å². The highest BCUT2D eigenvalue weighted by Gasteiger charge is 2.14. The Kier molecular flexibility index (Phi) is 3.61. The molecule has 3 aromatic rings. The van der Waals surface area contributed by atoms with Crippen molar-refractivity contribution in [2.45, 2.75) is 6.92 Å². The number of aromatic amines is 2. The summed E-state index contributed by atoms with van der Waals surface area (Å²) in [5.41, 5.74) is 1.93. The summed E-state index contributed by atoms with van der Waals surface area (Å²) in [6, 6.07) is 6.89. The minimum Gasteiger partial charge on any atom is -0.461 e. The molecule has 3 rings (SSSR count). The molecule has 7 heteroatoms. The lowest BCUT2D eigenvalue weighted by molar-refractivity contribution is 0.0520. The van der Waals surface area contributed by atoms with Crippen LogP contribution in [0.25, 0.3) is 10.9 Å². The molecule has 0 spiro atoms. The van der Waals surface area contributed by atoms with Crippen molar-refractivity contribution in [1.82, 2.24) is 15.2 Å². The van der Waals surface area contributed by atoms with Crippen LogP contribution in [0, 0.1) is 0 Å². The van der Waals surface area contributed by atoms with Crippen molar-refractivity contribution < 1.29 is 14.3 Å². The third-order valence-corrected chi connectivity index (χ3v) is 3.16. The molecule has 1 amide bonds. The monoisotopic (exact) mass is 298 g/mol. The summed E-state index contributed by atoms with van der Waals surface area (Å²) in [6.45, 7) is 2.02. The number of aromatic nitrogens is 3. The average molecular weight is 298 g/mol. The fourth-order valence-electron chi connectivity index (χ4n) is 2.15. The predicted octanol–water partition coefficient (Wildman–Crippen LogP) is 2.32. The van der Waals surface area contributed by atoms with Crippen LogP contribution in [0.1, 0.15) is 27.8 Å². The van der Waals surface area contributed by atoms with Crippen LogP contribution < -0.4 is 5.32 Å². The highest BCUT2D eigenvalue weighted by Crippen LogP contribution is 2.18. The van der Waals surface area contributed by atoms with Gasteiger partial charge in [0.05, 0.1) is 29.6 Å². The smallest absolute Gasteiger partial charge is 0.354 e. The van der Waals surface area contributed by atoms with Crippen molar-refractivity contribution in [3.8, 4) is 0 Å². The molecular weight excluding hydrogens is 284 g/mol. The Morgan fingerprint density at radius 2 is 2.23 bits per heavy atom. The Bertz CT molecular complexity index is 834. The highest BCUT2D eigenvalue weighted by atomic mass is 16.5. The van der Waals surface area contributed by atoms with Gasteiger partial charge >= 0.3 is 5.97 Å². The van der Waals surface area contributed by atoms with E-state index in [2.05, 4.69) is 20.5 Å². The Balaban J connectivity index is 1.80. The molecule has 22 heavy (non-hydrogen) atoms. The summed E-state index contributed by atoms with van der Waals surface area (Å²) in [4.78, 5) is 26.7. The van der Waals surface area contributed by atoms with Gasteiger partial charge in [0, 0.05) is 11.6 Å². The lowest BCUT2D eigenvalue weighted by Crippen LogP contribution is -2.12. The molecule has 7 nitrogen and oxygen atoms in total. The van der Waals surface area contributed by atoms with Crippen molar-refractivity contribution in [3.05, 3.63) is 47.9 Å². The molecule has 2 heterocycles. The van der Waals surface area contributed by atoms with Crippen LogP contribution in [0.2, 0.25) is 0 Å². The van der Waals surface area contributed by atoms with E-state index in [-0.39, 0.29) is 11.6 Å². The Hall–Kier alpha value is -3.09. The van der Waals surface area contributed by atoms with E-state index < -0.39 is 5.97 Å². The van der Waals surface area contributed by atoms with Gasteiger partial charge in [-0.1, -0.05) is 12.1 Å². The standard InChI is InChI=1S/C15H14N4O3/c1-2-22-15(21)12-6-10(8-16-12)18-14(20)11-5-3-4-9-7-17-19-13(9)11/h3-8,16H,2H2,1H3,(H,17,19)(H,18,20). The van der Waals surface area contributed by atoms with Gasteiger partial charge in [-0.05, 0) is 19.1 Å². The molecule has 3 N–H and O–H groups in total. The molecule has 0 aliphatic carbocycles. The number of amides is 1. The number of benzene rings is 1. The number of esters is 1. The third-order valence-electron chi connectivity index (χ3n) is 3.16. The number of anilines is 1. The molecule has 2 aromatic heterocycles. The number of fused-ring (bicyclic) bond motifs is 1. The number of hydrogen-bond donors (Lipinski definition) is 3. The van der Waals surface area contributed by atoms with E-state index in [1.54, 1.807) is 25.3 Å². The van der Waals surface area contributed by atoms with Crippen LogP contribution >= 0.6 is 0 Å². The first-order valence-corrected chi connectivity index (χ1v) is 6.78. The van der Waals surface area contributed by atoms with Crippen LogP contribution in [0.15, 0.2) is 36.7 Å². The lowest BCUT2D eigenvalue weighted by Gasteiger charge is -2.03. The number of nitrogens with zero attached hydrogens (tertiary/aromatic N) is 1. The Morgan fingerprint density at radius 3 is 3.05 bits per heavy atom. The minimum absolute atomic E-state index is 0.288. The average Bonchev–Trinajstić information content (AvgIpc) is 3.15. The van der Waals surface area contributed by atoms with Crippen molar-refractivity contribution in [2.24, 2.45) is 0 Å². The van der Waals surface area contributed by atoms with Crippen molar-refractivity contribution in [3.63, 3.8) is 0 Å². The summed E-state index contributed by atoms with van der Waals surface area (Å²) in [5, 5.41) is 10.3. The topological polar surface area (TPSA) is 99.9 Å². The summed E-state index contributed by atoms with van der Waals surface area (Å²) >= 11 is 0. The Labute approximate surface area is 125 Å². The van der Waals surface area contributed by atoms with Crippen LogP contribution in [0.5, 0.6) is 0 Å². The van der Waals surface area contributed by atoms with Gasteiger partial charge in [0.25, 0.3) is 5.91 Å². The van der Waals surface area contributed by atoms with Gasteiger partial charge in [-0.2, -0.15) is 5.10 Å². The second-order valence-electron chi connectivity index (χ2n) is 4.62. The maximum atomic E-state index is 12.3.